The number of hydrogen-bond donors (Lipinski definition) is 0. The van der Waals surface area contributed by atoms with E-state index >= 15 is 0 Å². The number of aromatic nitrogens is 2. The van der Waals surface area contributed by atoms with Crippen LogP contribution in [-0.2, 0) is 4.74 Å². The maximum atomic E-state index is 12.4. The SMILES string of the molecule is CCOC(=O)c1nn(-c2ccc(Cl)cc2Cl)c(-c2ccc(OC)cc2)c1C#N. The van der Waals surface area contributed by atoms with E-state index in [1.807, 2.05) is 0 Å². The van der Waals surface area contributed by atoms with Gasteiger partial charge in [-0.3, -0.25) is 0 Å². The summed E-state index contributed by atoms with van der Waals surface area (Å²) in [4.78, 5) is 12.4. The Hall–Kier alpha value is -3.01. The molecule has 8 heteroatoms. The Morgan fingerprint density at radius 3 is 2.50 bits per heavy atom. The number of nitrogens with zero attached hydrogens (tertiary/aromatic N) is 3. The van der Waals surface area contributed by atoms with Gasteiger partial charge in [0.1, 0.15) is 17.4 Å². The van der Waals surface area contributed by atoms with E-state index in [0.29, 0.717) is 32.7 Å². The summed E-state index contributed by atoms with van der Waals surface area (Å²) in [6.45, 7) is 1.84. The van der Waals surface area contributed by atoms with Crippen LogP contribution in [0.4, 0.5) is 0 Å². The van der Waals surface area contributed by atoms with Crippen LogP contribution in [0.2, 0.25) is 10.0 Å². The van der Waals surface area contributed by atoms with E-state index in [0.717, 1.165) is 0 Å². The van der Waals surface area contributed by atoms with Gasteiger partial charge in [0.25, 0.3) is 0 Å². The minimum Gasteiger partial charge on any atom is -0.497 e. The molecule has 142 valence electrons. The van der Waals surface area contributed by atoms with Crippen molar-refractivity contribution in [3.8, 4) is 28.8 Å². The van der Waals surface area contributed by atoms with E-state index in [2.05, 4.69) is 11.2 Å². The van der Waals surface area contributed by atoms with Crippen LogP contribution in [-0.4, -0.2) is 29.5 Å². The second-order valence-electron chi connectivity index (χ2n) is 5.64. The van der Waals surface area contributed by atoms with Crippen LogP contribution in [0.1, 0.15) is 23.0 Å². The van der Waals surface area contributed by atoms with Gasteiger partial charge >= 0.3 is 5.97 Å². The summed E-state index contributed by atoms with van der Waals surface area (Å²) in [5.74, 6) is -0.0267. The number of carbonyl (C=O) groups excluding carboxylic acids is 1. The molecule has 1 aromatic heterocycles. The normalized spacial score (nSPS) is 10.4. The number of nitriles is 1. The van der Waals surface area contributed by atoms with Gasteiger partial charge < -0.3 is 9.47 Å². The highest BCUT2D eigenvalue weighted by Crippen LogP contribution is 2.33. The zero-order valence-corrected chi connectivity index (χ0v) is 16.6. The molecule has 0 saturated heterocycles. The first kappa shape index (κ1) is 19.7. The molecule has 0 atom stereocenters. The first-order chi connectivity index (χ1) is 13.5. The molecule has 3 aromatic rings. The molecule has 0 aliphatic heterocycles. The first-order valence-corrected chi connectivity index (χ1v) is 9.05. The van der Waals surface area contributed by atoms with Crippen LogP contribution >= 0.6 is 23.2 Å². The van der Waals surface area contributed by atoms with Gasteiger partial charge in [0.15, 0.2) is 5.69 Å². The largest absolute Gasteiger partial charge is 0.497 e. The number of ether oxygens (including phenoxy) is 2. The highest BCUT2D eigenvalue weighted by Gasteiger charge is 2.26. The summed E-state index contributed by atoms with van der Waals surface area (Å²) >= 11 is 12.3. The number of halogens is 2. The van der Waals surface area contributed by atoms with Gasteiger partial charge in [-0.05, 0) is 49.4 Å². The Balaban J connectivity index is 2.30. The van der Waals surface area contributed by atoms with E-state index in [-0.39, 0.29) is 17.9 Å². The second kappa shape index (κ2) is 8.34. The minimum atomic E-state index is -0.683. The third kappa shape index (κ3) is 3.68. The third-order valence-electron chi connectivity index (χ3n) is 3.97. The van der Waals surface area contributed by atoms with Crippen molar-refractivity contribution >= 4 is 29.2 Å². The van der Waals surface area contributed by atoms with Gasteiger partial charge in [-0.2, -0.15) is 10.4 Å². The monoisotopic (exact) mass is 415 g/mol. The van der Waals surface area contributed by atoms with Crippen LogP contribution in [0.25, 0.3) is 16.9 Å². The van der Waals surface area contributed by atoms with Crippen molar-refractivity contribution < 1.29 is 14.3 Å². The molecule has 0 amide bonds. The Kier molecular flexibility index (Phi) is 5.88. The van der Waals surface area contributed by atoms with E-state index in [9.17, 15) is 10.1 Å². The molecule has 0 spiro atoms. The first-order valence-electron chi connectivity index (χ1n) is 8.30. The van der Waals surface area contributed by atoms with Crippen molar-refractivity contribution in [2.45, 2.75) is 6.92 Å². The van der Waals surface area contributed by atoms with Crippen molar-refractivity contribution in [2.24, 2.45) is 0 Å². The Morgan fingerprint density at radius 1 is 1.21 bits per heavy atom. The fourth-order valence-corrected chi connectivity index (χ4v) is 3.20. The molecular formula is C20H15Cl2N3O3. The third-order valence-corrected chi connectivity index (χ3v) is 4.51. The molecule has 2 aromatic carbocycles. The van der Waals surface area contributed by atoms with Crippen molar-refractivity contribution in [3.63, 3.8) is 0 Å². The standard InChI is InChI=1S/C20H15Cl2N3O3/c1-3-28-20(26)18-15(11-23)19(12-4-7-14(27-2)8-5-12)25(24-18)17-9-6-13(21)10-16(17)22/h4-10H,3H2,1-2H3. The zero-order valence-electron chi connectivity index (χ0n) is 15.1. The Bertz CT molecular complexity index is 1070. The number of benzene rings is 2. The van der Waals surface area contributed by atoms with Crippen LogP contribution in [0.15, 0.2) is 42.5 Å². The number of hydrogen-bond acceptors (Lipinski definition) is 5. The molecular weight excluding hydrogens is 401 g/mol. The van der Waals surface area contributed by atoms with E-state index in [1.54, 1.807) is 56.5 Å². The van der Waals surface area contributed by atoms with Crippen molar-refractivity contribution in [3.05, 3.63) is 63.8 Å². The van der Waals surface area contributed by atoms with Crippen molar-refractivity contribution in [2.75, 3.05) is 13.7 Å². The molecule has 1 heterocycles. The lowest BCUT2D eigenvalue weighted by Gasteiger charge is -2.10. The fourth-order valence-electron chi connectivity index (χ4n) is 2.71. The van der Waals surface area contributed by atoms with Crippen LogP contribution < -0.4 is 4.74 Å². The van der Waals surface area contributed by atoms with Crippen molar-refractivity contribution in [1.82, 2.24) is 9.78 Å². The molecule has 0 unspecified atom stereocenters. The molecule has 0 saturated carbocycles. The minimum absolute atomic E-state index is 0.0822. The van der Waals surface area contributed by atoms with Crippen molar-refractivity contribution in [1.29, 1.82) is 5.26 Å². The quantitative estimate of drug-likeness (QED) is 0.553. The summed E-state index contributed by atoms with van der Waals surface area (Å²) in [7, 11) is 1.56. The maximum Gasteiger partial charge on any atom is 0.360 e. The predicted octanol–water partition coefficient (Wildman–Crippen LogP) is 4.90. The maximum absolute atomic E-state index is 12.4. The second-order valence-corrected chi connectivity index (χ2v) is 6.48. The molecule has 3 rings (SSSR count). The average molecular weight is 416 g/mol. The smallest absolute Gasteiger partial charge is 0.360 e. The highest BCUT2D eigenvalue weighted by molar-refractivity contribution is 6.35. The van der Waals surface area contributed by atoms with Crippen LogP contribution in [0.5, 0.6) is 5.75 Å². The number of methoxy groups -OCH3 is 1. The van der Waals surface area contributed by atoms with Gasteiger partial charge in [-0.15, -0.1) is 0 Å². The summed E-state index contributed by atoms with van der Waals surface area (Å²) in [6.07, 6.45) is 0. The fraction of sp³-hybridized carbons (Fsp3) is 0.150. The van der Waals surface area contributed by atoms with E-state index in [1.165, 1.54) is 4.68 Å². The molecule has 0 radical (unpaired) electrons. The molecule has 28 heavy (non-hydrogen) atoms. The summed E-state index contributed by atoms with van der Waals surface area (Å²) < 4.78 is 11.7. The average Bonchev–Trinajstić information content (AvgIpc) is 3.07. The summed E-state index contributed by atoms with van der Waals surface area (Å²) in [5.41, 5.74) is 1.56. The lowest BCUT2D eigenvalue weighted by molar-refractivity contribution is 0.0518. The van der Waals surface area contributed by atoms with E-state index < -0.39 is 5.97 Å². The highest BCUT2D eigenvalue weighted by atomic mass is 35.5. The van der Waals surface area contributed by atoms with Gasteiger partial charge in [0, 0.05) is 10.6 Å². The van der Waals surface area contributed by atoms with Crippen LogP contribution in [0.3, 0.4) is 0 Å². The molecule has 0 fully saturated rings. The zero-order chi connectivity index (χ0) is 20.3. The number of rotatable bonds is 5. The van der Waals surface area contributed by atoms with Gasteiger partial charge in [-0.25, -0.2) is 9.48 Å². The van der Waals surface area contributed by atoms with Gasteiger partial charge in [-0.1, -0.05) is 23.2 Å². The van der Waals surface area contributed by atoms with Gasteiger partial charge in [0.2, 0.25) is 0 Å². The number of esters is 1. The van der Waals surface area contributed by atoms with E-state index in [4.69, 9.17) is 32.7 Å². The lowest BCUT2D eigenvalue weighted by atomic mass is 10.1. The van der Waals surface area contributed by atoms with Crippen LogP contribution in [0, 0.1) is 11.3 Å². The summed E-state index contributed by atoms with van der Waals surface area (Å²) in [6, 6.07) is 14.0. The van der Waals surface area contributed by atoms with Gasteiger partial charge in [0.05, 0.1) is 30.1 Å². The predicted molar refractivity (Wildman–Crippen MR) is 106 cm³/mol. The molecule has 0 N–H and O–H groups in total. The lowest BCUT2D eigenvalue weighted by Crippen LogP contribution is -2.08. The number of carbonyl (C=O) groups is 1. The molecule has 6 nitrogen and oxygen atoms in total. The Labute approximate surface area is 171 Å². The topological polar surface area (TPSA) is 77.1 Å². The molecule has 0 aliphatic carbocycles. The Morgan fingerprint density at radius 2 is 1.93 bits per heavy atom. The molecule has 0 bridgehead atoms. The summed E-state index contributed by atoms with van der Waals surface area (Å²) in [5, 5.41) is 14.9. The molecule has 0 aliphatic rings.